The van der Waals surface area contributed by atoms with Gasteiger partial charge in [-0.05, 0) is 37.0 Å². The fourth-order valence-electron chi connectivity index (χ4n) is 1.80. The highest BCUT2D eigenvalue weighted by molar-refractivity contribution is 5.70. The molecule has 3 nitrogen and oxygen atoms in total. The lowest BCUT2D eigenvalue weighted by Crippen LogP contribution is -2.20. The number of ether oxygens (including phenoxy) is 1. The molecule has 0 saturated heterocycles. The second-order valence-electron chi connectivity index (χ2n) is 4.00. The third kappa shape index (κ3) is 2.12. The molecule has 1 atom stereocenters. The fourth-order valence-corrected chi connectivity index (χ4v) is 1.80. The minimum atomic E-state index is -0.764. The number of fused-ring (bicyclic) bond motifs is 1. The Bertz CT molecular complexity index is 384. The normalized spacial score (nSPS) is 19.9. The number of rotatable bonds is 1. The Balaban J connectivity index is 2.21. The van der Waals surface area contributed by atoms with E-state index in [0.717, 1.165) is 23.3 Å². The molecular weight excluding hydrogens is 192 g/mol. The number of carboxylic acids is 1. The van der Waals surface area contributed by atoms with Gasteiger partial charge in [-0.2, -0.15) is 0 Å². The maximum Gasteiger partial charge on any atom is 0.309 e. The molecule has 0 aromatic heterocycles. The van der Waals surface area contributed by atoms with Crippen molar-refractivity contribution >= 4 is 5.97 Å². The predicted octanol–water partition coefficient (Wildman–Crippen LogP) is 2.02. The quantitative estimate of drug-likeness (QED) is 0.764. The zero-order valence-corrected chi connectivity index (χ0v) is 8.69. The first kappa shape index (κ1) is 10.0. The summed E-state index contributed by atoms with van der Waals surface area (Å²) in [6.07, 6.45) is 1.44. The first-order valence-corrected chi connectivity index (χ1v) is 5.12. The van der Waals surface area contributed by atoms with Crippen molar-refractivity contribution in [1.29, 1.82) is 0 Å². The molecule has 1 N–H and O–H groups in total. The van der Waals surface area contributed by atoms with Gasteiger partial charge in [-0.15, -0.1) is 0 Å². The number of hydrogen-bond acceptors (Lipinski definition) is 2. The summed E-state index contributed by atoms with van der Waals surface area (Å²) >= 11 is 0. The van der Waals surface area contributed by atoms with Crippen LogP contribution >= 0.6 is 0 Å². The van der Waals surface area contributed by atoms with Crippen LogP contribution in [-0.4, -0.2) is 17.7 Å². The topological polar surface area (TPSA) is 46.5 Å². The first-order chi connectivity index (χ1) is 7.16. The summed E-state index contributed by atoms with van der Waals surface area (Å²) in [5.41, 5.74) is 2.26. The van der Waals surface area contributed by atoms with Crippen LogP contribution < -0.4 is 4.74 Å². The lowest BCUT2D eigenvalue weighted by atomic mass is 10.0. The van der Waals surface area contributed by atoms with Gasteiger partial charge in [-0.1, -0.05) is 12.1 Å². The Labute approximate surface area is 88.7 Å². The summed E-state index contributed by atoms with van der Waals surface area (Å²) in [4.78, 5) is 10.8. The van der Waals surface area contributed by atoms with E-state index in [4.69, 9.17) is 9.84 Å². The number of benzene rings is 1. The van der Waals surface area contributed by atoms with E-state index in [-0.39, 0.29) is 12.5 Å². The van der Waals surface area contributed by atoms with Crippen LogP contribution in [-0.2, 0) is 11.2 Å². The Morgan fingerprint density at radius 1 is 1.53 bits per heavy atom. The molecule has 1 aliphatic heterocycles. The standard InChI is InChI=1S/C12H14O3/c1-8-2-3-9-4-5-10(12(13)14)7-15-11(9)6-8/h2-3,6,10H,4-5,7H2,1H3,(H,13,14). The van der Waals surface area contributed by atoms with Crippen molar-refractivity contribution in [1.82, 2.24) is 0 Å². The van der Waals surface area contributed by atoms with Gasteiger partial charge in [0.25, 0.3) is 0 Å². The summed E-state index contributed by atoms with van der Waals surface area (Å²) in [7, 11) is 0. The molecule has 1 heterocycles. The molecule has 0 aliphatic carbocycles. The van der Waals surface area contributed by atoms with Crippen molar-refractivity contribution in [2.45, 2.75) is 19.8 Å². The van der Waals surface area contributed by atoms with E-state index in [2.05, 4.69) is 0 Å². The van der Waals surface area contributed by atoms with Gasteiger partial charge in [0.1, 0.15) is 12.4 Å². The maximum absolute atomic E-state index is 10.8. The van der Waals surface area contributed by atoms with Gasteiger partial charge < -0.3 is 9.84 Å². The maximum atomic E-state index is 10.8. The molecule has 2 rings (SSSR count). The zero-order chi connectivity index (χ0) is 10.8. The third-order valence-electron chi connectivity index (χ3n) is 2.77. The Morgan fingerprint density at radius 2 is 2.33 bits per heavy atom. The highest BCUT2D eigenvalue weighted by atomic mass is 16.5. The molecule has 1 unspecified atom stereocenters. The molecule has 3 heteroatoms. The SMILES string of the molecule is Cc1ccc2c(c1)OCC(C(=O)O)CC2. The number of aryl methyl sites for hydroxylation is 2. The van der Waals surface area contributed by atoms with E-state index >= 15 is 0 Å². The van der Waals surface area contributed by atoms with Crippen molar-refractivity contribution < 1.29 is 14.6 Å². The molecule has 0 amide bonds. The fraction of sp³-hybridized carbons (Fsp3) is 0.417. The van der Waals surface area contributed by atoms with E-state index in [1.807, 2.05) is 25.1 Å². The van der Waals surface area contributed by atoms with Gasteiger partial charge in [0, 0.05) is 0 Å². The first-order valence-electron chi connectivity index (χ1n) is 5.12. The second-order valence-corrected chi connectivity index (χ2v) is 4.00. The molecule has 1 aromatic carbocycles. The number of hydrogen-bond donors (Lipinski definition) is 1. The molecule has 0 spiro atoms. The summed E-state index contributed by atoms with van der Waals surface area (Å²) in [5.74, 6) is -0.295. The third-order valence-corrected chi connectivity index (χ3v) is 2.77. The van der Waals surface area contributed by atoms with Gasteiger partial charge in [0.05, 0.1) is 5.92 Å². The Kier molecular flexibility index (Phi) is 2.62. The molecule has 0 bridgehead atoms. The van der Waals surface area contributed by atoms with Crippen LogP contribution in [0.3, 0.4) is 0 Å². The summed E-state index contributed by atoms with van der Waals surface area (Å²) in [6, 6.07) is 6.03. The Hall–Kier alpha value is -1.51. The van der Waals surface area contributed by atoms with Crippen LogP contribution in [0.25, 0.3) is 0 Å². The molecule has 1 aliphatic rings. The molecule has 80 valence electrons. The highest BCUT2D eigenvalue weighted by Crippen LogP contribution is 2.27. The van der Waals surface area contributed by atoms with Gasteiger partial charge in [0.2, 0.25) is 0 Å². The molecule has 15 heavy (non-hydrogen) atoms. The number of carbonyl (C=O) groups is 1. The average Bonchev–Trinajstić information content (AvgIpc) is 2.39. The molecule has 1 aromatic rings. The molecule has 0 radical (unpaired) electrons. The van der Waals surface area contributed by atoms with Crippen molar-refractivity contribution in [3.63, 3.8) is 0 Å². The van der Waals surface area contributed by atoms with E-state index in [1.165, 1.54) is 0 Å². The lowest BCUT2D eigenvalue weighted by Gasteiger charge is -2.09. The van der Waals surface area contributed by atoms with Crippen LogP contribution in [0.5, 0.6) is 5.75 Å². The molecular formula is C12H14O3. The van der Waals surface area contributed by atoms with E-state index in [0.29, 0.717) is 6.42 Å². The lowest BCUT2D eigenvalue weighted by molar-refractivity contribution is -0.142. The van der Waals surface area contributed by atoms with Crippen molar-refractivity contribution in [3.8, 4) is 5.75 Å². The van der Waals surface area contributed by atoms with Crippen molar-refractivity contribution in [3.05, 3.63) is 29.3 Å². The minimum Gasteiger partial charge on any atom is -0.492 e. The second kappa shape index (κ2) is 3.93. The molecule has 0 fully saturated rings. The summed E-state index contributed by atoms with van der Waals surface area (Å²) < 4.78 is 5.52. The number of aliphatic carboxylic acids is 1. The highest BCUT2D eigenvalue weighted by Gasteiger charge is 2.22. The zero-order valence-electron chi connectivity index (χ0n) is 8.69. The van der Waals surface area contributed by atoms with Crippen molar-refractivity contribution in [2.75, 3.05) is 6.61 Å². The summed E-state index contributed by atoms with van der Waals surface area (Å²) in [6.45, 7) is 2.29. The monoisotopic (exact) mass is 206 g/mol. The smallest absolute Gasteiger partial charge is 0.309 e. The number of carboxylic acid groups (broad SMARTS) is 1. The molecule has 0 saturated carbocycles. The largest absolute Gasteiger partial charge is 0.492 e. The van der Waals surface area contributed by atoms with E-state index in [9.17, 15) is 4.79 Å². The van der Waals surface area contributed by atoms with Crippen molar-refractivity contribution in [2.24, 2.45) is 5.92 Å². The van der Waals surface area contributed by atoms with E-state index in [1.54, 1.807) is 0 Å². The van der Waals surface area contributed by atoms with Crippen LogP contribution in [0.15, 0.2) is 18.2 Å². The average molecular weight is 206 g/mol. The van der Waals surface area contributed by atoms with Gasteiger partial charge >= 0.3 is 5.97 Å². The van der Waals surface area contributed by atoms with E-state index < -0.39 is 5.97 Å². The van der Waals surface area contributed by atoms with Crippen LogP contribution in [0, 0.1) is 12.8 Å². The van der Waals surface area contributed by atoms with Crippen LogP contribution in [0.1, 0.15) is 17.5 Å². The van der Waals surface area contributed by atoms with Gasteiger partial charge in [0.15, 0.2) is 0 Å². The van der Waals surface area contributed by atoms with Gasteiger partial charge in [-0.25, -0.2) is 0 Å². The van der Waals surface area contributed by atoms with Crippen LogP contribution in [0.2, 0.25) is 0 Å². The predicted molar refractivity (Wildman–Crippen MR) is 56.1 cm³/mol. The van der Waals surface area contributed by atoms with Gasteiger partial charge in [-0.3, -0.25) is 4.79 Å². The Morgan fingerprint density at radius 3 is 3.07 bits per heavy atom. The van der Waals surface area contributed by atoms with Crippen LogP contribution in [0.4, 0.5) is 0 Å². The summed E-state index contributed by atoms with van der Waals surface area (Å²) in [5, 5.41) is 8.92. The minimum absolute atomic E-state index is 0.284.